The number of ether oxygens (including phenoxy) is 1. The number of nitrogens with zero attached hydrogens (tertiary/aromatic N) is 1. The Balaban J connectivity index is 1.92. The summed E-state index contributed by atoms with van der Waals surface area (Å²) in [7, 11) is 1.60. The van der Waals surface area contributed by atoms with Crippen LogP contribution in [0.15, 0.2) is 24.3 Å². The smallest absolute Gasteiger partial charge is 0.303 e. The maximum absolute atomic E-state index is 12.5. The molecule has 1 fully saturated rings. The highest BCUT2D eigenvalue weighted by atomic mass is 16.5. The van der Waals surface area contributed by atoms with Gasteiger partial charge in [-0.2, -0.15) is 0 Å². The Morgan fingerprint density at radius 3 is 2.86 bits per heavy atom. The van der Waals surface area contributed by atoms with Gasteiger partial charge in [0.2, 0.25) is 5.91 Å². The van der Waals surface area contributed by atoms with E-state index >= 15 is 0 Å². The van der Waals surface area contributed by atoms with E-state index in [1.54, 1.807) is 7.11 Å². The molecule has 120 valence electrons. The molecule has 1 aliphatic rings. The summed E-state index contributed by atoms with van der Waals surface area (Å²) in [5.41, 5.74) is 0.891. The lowest BCUT2D eigenvalue weighted by molar-refractivity contribution is -0.137. The van der Waals surface area contributed by atoms with E-state index in [1.165, 1.54) is 0 Å². The summed E-state index contributed by atoms with van der Waals surface area (Å²) in [6, 6.07) is 7.55. The summed E-state index contributed by atoms with van der Waals surface area (Å²) in [5, 5.41) is 8.78. The molecular weight excluding hydrogens is 282 g/mol. The quantitative estimate of drug-likeness (QED) is 0.876. The fraction of sp³-hybridized carbons (Fsp3) is 0.529. The zero-order valence-corrected chi connectivity index (χ0v) is 13.0. The topological polar surface area (TPSA) is 66.8 Å². The number of rotatable bonds is 6. The van der Waals surface area contributed by atoms with E-state index in [2.05, 4.69) is 0 Å². The van der Waals surface area contributed by atoms with Gasteiger partial charge in [-0.3, -0.25) is 9.59 Å². The van der Waals surface area contributed by atoms with Crippen LogP contribution in [0.1, 0.15) is 31.2 Å². The molecule has 0 spiro atoms. The second-order valence-corrected chi connectivity index (χ2v) is 5.77. The highest BCUT2D eigenvalue weighted by Gasteiger charge is 2.24. The van der Waals surface area contributed by atoms with Crippen LogP contribution in [-0.2, 0) is 16.0 Å². The van der Waals surface area contributed by atoms with Crippen molar-refractivity contribution >= 4 is 11.9 Å². The van der Waals surface area contributed by atoms with Gasteiger partial charge in [-0.05, 0) is 31.2 Å². The number of hydrogen-bond acceptors (Lipinski definition) is 3. The molecule has 1 aromatic carbocycles. The largest absolute Gasteiger partial charge is 0.496 e. The molecule has 0 bridgehead atoms. The summed E-state index contributed by atoms with van der Waals surface area (Å²) in [6.45, 7) is 1.43. The number of carbonyl (C=O) groups is 2. The fourth-order valence-electron chi connectivity index (χ4n) is 2.98. The van der Waals surface area contributed by atoms with Crippen molar-refractivity contribution in [1.82, 2.24) is 4.90 Å². The van der Waals surface area contributed by atoms with Gasteiger partial charge in [0.25, 0.3) is 0 Å². The predicted molar refractivity (Wildman–Crippen MR) is 82.9 cm³/mol. The van der Waals surface area contributed by atoms with Gasteiger partial charge in [0, 0.05) is 25.1 Å². The molecule has 1 amide bonds. The first-order valence-corrected chi connectivity index (χ1v) is 7.71. The van der Waals surface area contributed by atoms with Gasteiger partial charge in [-0.15, -0.1) is 0 Å². The average Bonchev–Trinajstić information content (AvgIpc) is 2.53. The molecular formula is C17H23NO4. The van der Waals surface area contributed by atoms with E-state index in [1.807, 2.05) is 29.2 Å². The van der Waals surface area contributed by atoms with Gasteiger partial charge in [0.15, 0.2) is 0 Å². The summed E-state index contributed by atoms with van der Waals surface area (Å²) in [4.78, 5) is 25.0. The van der Waals surface area contributed by atoms with E-state index in [-0.39, 0.29) is 12.3 Å². The van der Waals surface area contributed by atoms with E-state index < -0.39 is 5.97 Å². The van der Waals surface area contributed by atoms with Crippen LogP contribution < -0.4 is 4.74 Å². The van der Waals surface area contributed by atoms with Crippen LogP contribution in [0.5, 0.6) is 5.75 Å². The molecule has 5 heteroatoms. The standard InChI is InChI=1S/C17H23NO4/c1-22-15-7-3-2-6-14(15)11-16(19)18-10-4-5-13(12-18)8-9-17(20)21/h2-3,6-7,13H,4-5,8-12H2,1H3,(H,20,21). The lowest BCUT2D eigenvalue weighted by Gasteiger charge is -2.32. The number of likely N-dealkylation sites (tertiary alicyclic amines) is 1. The van der Waals surface area contributed by atoms with Crippen LogP contribution in [0, 0.1) is 5.92 Å². The number of para-hydroxylation sites is 1. The van der Waals surface area contributed by atoms with Crippen LogP contribution in [0.4, 0.5) is 0 Å². The second-order valence-electron chi connectivity index (χ2n) is 5.77. The Hall–Kier alpha value is -2.04. The molecule has 0 radical (unpaired) electrons. The first-order chi connectivity index (χ1) is 10.6. The van der Waals surface area contributed by atoms with E-state index in [0.29, 0.717) is 25.3 Å². The molecule has 0 saturated carbocycles. The van der Waals surface area contributed by atoms with Crippen molar-refractivity contribution in [2.45, 2.75) is 32.1 Å². The molecule has 1 aliphatic heterocycles. The third kappa shape index (κ3) is 4.48. The minimum absolute atomic E-state index is 0.0875. The Morgan fingerprint density at radius 2 is 2.14 bits per heavy atom. The number of carboxylic acid groups (broad SMARTS) is 1. The summed E-state index contributed by atoms with van der Waals surface area (Å²) < 4.78 is 5.28. The summed E-state index contributed by atoms with van der Waals surface area (Å²) in [5.74, 6) is 0.351. The number of carboxylic acids is 1. The second kappa shape index (κ2) is 7.82. The molecule has 1 N–H and O–H groups in total. The van der Waals surface area contributed by atoms with Gasteiger partial charge in [-0.1, -0.05) is 18.2 Å². The van der Waals surface area contributed by atoms with Crippen LogP contribution in [-0.4, -0.2) is 42.1 Å². The van der Waals surface area contributed by atoms with E-state index in [0.717, 1.165) is 30.7 Å². The predicted octanol–water partition coefficient (Wildman–Crippen LogP) is 2.34. The number of amides is 1. The van der Waals surface area contributed by atoms with Gasteiger partial charge < -0.3 is 14.7 Å². The van der Waals surface area contributed by atoms with E-state index in [9.17, 15) is 9.59 Å². The molecule has 1 aromatic rings. The van der Waals surface area contributed by atoms with Crippen LogP contribution in [0.3, 0.4) is 0 Å². The highest BCUT2D eigenvalue weighted by molar-refractivity contribution is 5.79. The molecule has 5 nitrogen and oxygen atoms in total. The summed E-state index contributed by atoms with van der Waals surface area (Å²) >= 11 is 0. The lowest BCUT2D eigenvalue weighted by atomic mass is 9.93. The third-order valence-electron chi connectivity index (χ3n) is 4.17. The fourth-order valence-corrected chi connectivity index (χ4v) is 2.98. The Labute approximate surface area is 130 Å². The SMILES string of the molecule is COc1ccccc1CC(=O)N1CCCC(CCC(=O)O)C1. The molecule has 1 heterocycles. The van der Waals surface area contributed by atoms with Crippen molar-refractivity contribution in [1.29, 1.82) is 0 Å². The van der Waals surface area contributed by atoms with Crippen LogP contribution in [0.25, 0.3) is 0 Å². The first-order valence-electron chi connectivity index (χ1n) is 7.71. The van der Waals surface area contributed by atoms with Crippen molar-refractivity contribution in [3.63, 3.8) is 0 Å². The number of hydrogen-bond donors (Lipinski definition) is 1. The first kappa shape index (κ1) is 16.3. The number of piperidine rings is 1. The maximum atomic E-state index is 12.5. The molecule has 0 aliphatic carbocycles. The molecule has 0 aromatic heterocycles. The average molecular weight is 305 g/mol. The minimum Gasteiger partial charge on any atom is -0.496 e. The van der Waals surface area contributed by atoms with Crippen molar-refractivity contribution in [3.8, 4) is 5.75 Å². The van der Waals surface area contributed by atoms with Crippen LogP contribution in [0.2, 0.25) is 0 Å². The normalized spacial score (nSPS) is 18.0. The van der Waals surface area contributed by atoms with Crippen LogP contribution >= 0.6 is 0 Å². The van der Waals surface area contributed by atoms with E-state index in [4.69, 9.17) is 9.84 Å². The summed E-state index contributed by atoms with van der Waals surface area (Å²) in [6.07, 6.45) is 3.11. The Morgan fingerprint density at radius 1 is 1.36 bits per heavy atom. The minimum atomic E-state index is -0.766. The third-order valence-corrected chi connectivity index (χ3v) is 4.17. The number of carbonyl (C=O) groups excluding carboxylic acids is 1. The number of aliphatic carboxylic acids is 1. The van der Waals surface area contributed by atoms with Crippen molar-refractivity contribution in [2.75, 3.05) is 20.2 Å². The molecule has 1 unspecified atom stereocenters. The molecule has 22 heavy (non-hydrogen) atoms. The number of benzene rings is 1. The molecule has 1 saturated heterocycles. The van der Waals surface area contributed by atoms with Gasteiger partial charge in [0.05, 0.1) is 13.5 Å². The number of methoxy groups -OCH3 is 1. The molecule has 1 atom stereocenters. The zero-order chi connectivity index (χ0) is 15.9. The van der Waals surface area contributed by atoms with Gasteiger partial charge in [-0.25, -0.2) is 0 Å². The van der Waals surface area contributed by atoms with Crippen molar-refractivity contribution in [2.24, 2.45) is 5.92 Å². The maximum Gasteiger partial charge on any atom is 0.303 e. The highest BCUT2D eigenvalue weighted by Crippen LogP contribution is 2.23. The van der Waals surface area contributed by atoms with Crippen molar-refractivity contribution in [3.05, 3.63) is 29.8 Å². The van der Waals surface area contributed by atoms with Gasteiger partial charge >= 0.3 is 5.97 Å². The zero-order valence-electron chi connectivity index (χ0n) is 13.0. The Bertz CT molecular complexity index is 529. The lowest BCUT2D eigenvalue weighted by Crippen LogP contribution is -2.40. The monoisotopic (exact) mass is 305 g/mol. The molecule has 2 rings (SSSR count). The van der Waals surface area contributed by atoms with Crippen molar-refractivity contribution < 1.29 is 19.4 Å². The Kier molecular flexibility index (Phi) is 5.81. The van der Waals surface area contributed by atoms with Gasteiger partial charge in [0.1, 0.15) is 5.75 Å².